The first-order chi connectivity index (χ1) is 13.5. The molecule has 1 amide bonds. The zero-order chi connectivity index (χ0) is 19.7. The van der Waals surface area contributed by atoms with Gasteiger partial charge in [0.2, 0.25) is 0 Å². The Morgan fingerprint density at radius 3 is 2.71 bits per heavy atom. The number of hydrogen-bond acceptors (Lipinski definition) is 4. The molecule has 0 bridgehead atoms. The number of carbonyl (C=O) groups excluding carboxylic acids is 2. The lowest BCUT2D eigenvalue weighted by atomic mass is 9.84. The molecule has 2 atom stereocenters. The van der Waals surface area contributed by atoms with Crippen LogP contribution in [0.25, 0.3) is 10.9 Å². The maximum absolute atomic E-state index is 13.2. The summed E-state index contributed by atoms with van der Waals surface area (Å²) >= 11 is 0. The largest absolute Gasteiger partial charge is 0.449 e. The molecule has 2 aliphatic carbocycles. The highest BCUT2D eigenvalue weighted by Gasteiger charge is 2.29. The lowest BCUT2D eigenvalue weighted by Crippen LogP contribution is -2.41. The molecule has 28 heavy (non-hydrogen) atoms. The molecule has 1 N–H and O–H groups in total. The Morgan fingerprint density at radius 1 is 1.18 bits per heavy atom. The van der Waals surface area contributed by atoms with Crippen molar-refractivity contribution in [2.75, 3.05) is 0 Å². The average Bonchev–Trinajstić information content (AvgIpc) is 3.19. The second-order valence-corrected chi connectivity index (χ2v) is 8.31. The van der Waals surface area contributed by atoms with E-state index in [1.165, 1.54) is 0 Å². The second-order valence-electron chi connectivity index (χ2n) is 8.31. The molecule has 0 saturated heterocycles. The van der Waals surface area contributed by atoms with Crippen molar-refractivity contribution in [3.05, 3.63) is 41.1 Å². The van der Waals surface area contributed by atoms with E-state index < -0.39 is 12.1 Å². The van der Waals surface area contributed by atoms with Crippen LogP contribution < -0.4 is 5.32 Å². The predicted molar refractivity (Wildman–Crippen MR) is 108 cm³/mol. The van der Waals surface area contributed by atoms with Gasteiger partial charge in [0, 0.05) is 17.1 Å². The number of ether oxygens (including phenoxy) is 1. The summed E-state index contributed by atoms with van der Waals surface area (Å²) in [7, 11) is 0. The number of amides is 1. The number of benzene rings is 1. The van der Waals surface area contributed by atoms with Crippen LogP contribution in [0.15, 0.2) is 24.3 Å². The zero-order valence-corrected chi connectivity index (χ0v) is 16.7. The molecule has 148 valence electrons. The summed E-state index contributed by atoms with van der Waals surface area (Å²) in [6, 6.07) is 7.90. The fourth-order valence-electron chi connectivity index (χ4n) is 4.46. The van der Waals surface area contributed by atoms with E-state index >= 15 is 0 Å². The lowest BCUT2D eigenvalue weighted by Gasteiger charge is -2.25. The predicted octanol–water partition coefficient (Wildman–Crippen LogP) is 3.96. The van der Waals surface area contributed by atoms with Crippen molar-refractivity contribution < 1.29 is 14.3 Å². The molecule has 1 heterocycles. The molecule has 5 nitrogen and oxygen atoms in total. The van der Waals surface area contributed by atoms with Gasteiger partial charge < -0.3 is 10.1 Å². The van der Waals surface area contributed by atoms with Gasteiger partial charge in [-0.2, -0.15) is 0 Å². The van der Waals surface area contributed by atoms with Gasteiger partial charge in [-0.05, 0) is 56.6 Å². The lowest BCUT2D eigenvalue weighted by molar-refractivity contribution is -0.129. The van der Waals surface area contributed by atoms with Gasteiger partial charge in [-0.1, -0.05) is 38.0 Å². The van der Waals surface area contributed by atoms with Crippen molar-refractivity contribution in [1.82, 2.24) is 10.3 Å². The van der Waals surface area contributed by atoms with Gasteiger partial charge in [-0.3, -0.25) is 9.78 Å². The minimum atomic E-state index is -0.809. The molecule has 1 fully saturated rings. The van der Waals surface area contributed by atoms with E-state index in [4.69, 9.17) is 9.72 Å². The molecule has 0 spiro atoms. The standard InChI is InChI=1S/C23H28N2O3/c1-14-11-12-20-18(13-14)21(17-9-5-6-10-19(17)25-20)23(27)28-15(2)22(26)24-16-7-3-4-8-16/h5-6,9-10,14-16H,3-4,7-8,11-13H2,1-2H3,(H,24,26)/t14-,15-/m0/s1. The smallest absolute Gasteiger partial charge is 0.339 e. The summed E-state index contributed by atoms with van der Waals surface area (Å²) in [5, 5.41) is 3.82. The zero-order valence-electron chi connectivity index (χ0n) is 16.7. The monoisotopic (exact) mass is 380 g/mol. The molecular formula is C23H28N2O3. The molecule has 1 aromatic heterocycles. The Hall–Kier alpha value is -2.43. The maximum Gasteiger partial charge on any atom is 0.339 e. The number of rotatable bonds is 4. The normalized spacial score (nSPS) is 20.6. The fraction of sp³-hybridized carbons (Fsp3) is 0.522. The van der Waals surface area contributed by atoms with E-state index in [0.717, 1.165) is 67.1 Å². The van der Waals surface area contributed by atoms with Gasteiger partial charge >= 0.3 is 5.97 Å². The third-order valence-electron chi connectivity index (χ3n) is 6.06. The Kier molecular flexibility index (Phi) is 5.33. The van der Waals surface area contributed by atoms with E-state index in [-0.39, 0.29) is 11.9 Å². The highest BCUT2D eigenvalue weighted by atomic mass is 16.5. The molecule has 0 radical (unpaired) electrons. The molecule has 1 aromatic carbocycles. The minimum absolute atomic E-state index is 0.208. The van der Waals surface area contributed by atoms with Crippen molar-refractivity contribution in [3.63, 3.8) is 0 Å². The number of nitrogens with one attached hydrogen (secondary N) is 1. The summed E-state index contributed by atoms with van der Waals surface area (Å²) in [6.07, 6.45) is 6.27. The van der Waals surface area contributed by atoms with Gasteiger partial charge in [-0.15, -0.1) is 0 Å². The van der Waals surface area contributed by atoms with E-state index in [2.05, 4.69) is 12.2 Å². The van der Waals surface area contributed by atoms with Crippen molar-refractivity contribution in [2.24, 2.45) is 5.92 Å². The average molecular weight is 380 g/mol. The number of pyridine rings is 1. The van der Waals surface area contributed by atoms with Crippen LogP contribution in [0, 0.1) is 5.92 Å². The molecule has 0 unspecified atom stereocenters. The number of para-hydroxylation sites is 1. The second kappa shape index (κ2) is 7.90. The van der Waals surface area contributed by atoms with Crippen LogP contribution in [0.4, 0.5) is 0 Å². The van der Waals surface area contributed by atoms with Gasteiger partial charge in [-0.25, -0.2) is 4.79 Å². The van der Waals surface area contributed by atoms with Crippen molar-refractivity contribution in [3.8, 4) is 0 Å². The molecule has 2 aromatic rings. The first kappa shape index (κ1) is 18.9. The Bertz CT molecular complexity index is 902. The van der Waals surface area contributed by atoms with Crippen LogP contribution in [-0.2, 0) is 22.4 Å². The molecule has 4 rings (SSSR count). The van der Waals surface area contributed by atoms with E-state index in [1.807, 2.05) is 24.3 Å². The summed E-state index contributed by atoms with van der Waals surface area (Å²) < 4.78 is 5.64. The summed E-state index contributed by atoms with van der Waals surface area (Å²) in [4.78, 5) is 30.4. The molecule has 0 aliphatic heterocycles. The topological polar surface area (TPSA) is 68.3 Å². The first-order valence-corrected chi connectivity index (χ1v) is 10.4. The van der Waals surface area contributed by atoms with Gasteiger partial charge in [0.25, 0.3) is 5.91 Å². The van der Waals surface area contributed by atoms with Crippen molar-refractivity contribution in [2.45, 2.75) is 70.9 Å². The number of aryl methyl sites for hydroxylation is 1. The number of fused-ring (bicyclic) bond motifs is 2. The SMILES string of the molecule is C[C@H]1CCc2nc3ccccc3c(C(=O)O[C@@H](C)C(=O)NC3CCCC3)c2C1. The molecular weight excluding hydrogens is 352 g/mol. The van der Waals surface area contributed by atoms with Crippen LogP contribution in [-0.4, -0.2) is 29.0 Å². The van der Waals surface area contributed by atoms with E-state index in [9.17, 15) is 9.59 Å². The summed E-state index contributed by atoms with van der Waals surface area (Å²) in [5.74, 6) is -0.121. The van der Waals surface area contributed by atoms with Crippen LogP contribution >= 0.6 is 0 Å². The summed E-state index contributed by atoms with van der Waals surface area (Å²) in [5.41, 5.74) is 3.39. The molecule has 1 saturated carbocycles. The number of carbonyl (C=O) groups is 2. The third-order valence-corrected chi connectivity index (χ3v) is 6.06. The molecule has 2 aliphatic rings. The number of hydrogen-bond donors (Lipinski definition) is 1. The van der Waals surface area contributed by atoms with Gasteiger partial charge in [0.15, 0.2) is 6.10 Å². The number of esters is 1. The highest BCUT2D eigenvalue weighted by Crippen LogP contribution is 2.32. The maximum atomic E-state index is 13.2. The van der Waals surface area contributed by atoms with Crippen molar-refractivity contribution in [1.29, 1.82) is 0 Å². The Labute approximate surface area is 165 Å². The summed E-state index contributed by atoms with van der Waals surface area (Å²) in [6.45, 7) is 3.85. The number of aromatic nitrogens is 1. The van der Waals surface area contributed by atoms with Crippen LogP contribution in [0.5, 0.6) is 0 Å². The first-order valence-electron chi connectivity index (χ1n) is 10.4. The quantitative estimate of drug-likeness (QED) is 0.815. The van der Waals surface area contributed by atoms with Crippen LogP contribution in [0.3, 0.4) is 0 Å². The Morgan fingerprint density at radius 2 is 1.93 bits per heavy atom. The third kappa shape index (κ3) is 3.75. The van der Waals surface area contributed by atoms with E-state index in [1.54, 1.807) is 6.92 Å². The van der Waals surface area contributed by atoms with Crippen LogP contribution in [0.2, 0.25) is 0 Å². The number of nitrogens with zero attached hydrogens (tertiary/aromatic N) is 1. The van der Waals surface area contributed by atoms with Crippen molar-refractivity contribution >= 4 is 22.8 Å². The highest BCUT2D eigenvalue weighted by molar-refractivity contribution is 6.05. The Balaban J connectivity index is 1.61. The minimum Gasteiger partial charge on any atom is -0.449 e. The van der Waals surface area contributed by atoms with Gasteiger partial charge in [0.1, 0.15) is 0 Å². The van der Waals surface area contributed by atoms with E-state index in [0.29, 0.717) is 11.5 Å². The van der Waals surface area contributed by atoms with Crippen LogP contribution in [0.1, 0.15) is 67.6 Å². The van der Waals surface area contributed by atoms with Gasteiger partial charge in [0.05, 0.1) is 11.1 Å². The fourth-order valence-corrected chi connectivity index (χ4v) is 4.46. The molecule has 5 heteroatoms.